The number of nitrogens with one attached hydrogen (secondary N) is 1. The monoisotopic (exact) mass is 287 g/mol. The van der Waals surface area contributed by atoms with Gasteiger partial charge in [-0.2, -0.15) is 0 Å². The molecule has 1 aromatic heterocycles. The second-order valence-electron chi connectivity index (χ2n) is 6.07. The zero-order valence-electron chi connectivity index (χ0n) is 12.4. The maximum atomic E-state index is 3.59. The van der Waals surface area contributed by atoms with Gasteiger partial charge in [-0.05, 0) is 53.7 Å². The molecule has 1 heterocycles. The first-order valence-electron chi connectivity index (χ1n) is 8.04. The lowest BCUT2D eigenvalue weighted by atomic mass is 9.85. The van der Waals surface area contributed by atoms with Gasteiger partial charge >= 0.3 is 0 Å². The lowest BCUT2D eigenvalue weighted by molar-refractivity contribution is 0.324. The van der Waals surface area contributed by atoms with E-state index < -0.39 is 0 Å². The van der Waals surface area contributed by atoms with Gasteiger partial charge in [0, 0.05) is 4.70 Å². The first-order valence-corrected chi connectivity index (χ1v) is 8.92. The van der Waals surface area contributed by atoms with Crippen LogP contribution in [0.4, 0.5) is 0 Å². The van der Waals surface area contributed by atoms with E-state index in [1.54, 1.807) is 5.56 Å². The van der Waals surface area contributed by atoms with Crippen molar-refractivity contribution in [1.82, 2.24) is 5.32 Å². The number of benzene rings is 1. The van der Waals surface area contributed by atoms with Crippen LogP contribution in [0.5, 0.6) is 0 Å². The zero-order chi connectivity index (χ0) is 13.8. The summed E-state index contributed by atoms with van der Waals surface area (Å²) in [6.45, 7) is 4.49. The Labute approximate surface area is 126 Å². The summed E-state index contributed by atoms with van der Waals surface area (Å²) in [5.41, 5.74) is 1.57. The van der Waals surface area contributed by atoms with Crippen LogP contribution in [-0.2, 0) is 6.42 Å². The molecule has 2 heteroatoms. The molecule has 3 rings (SSSR count). The van der Waals surface area contributed by atoms with Gasteiger partial charge in [0.15, 0.2) is 0 Å². The van der Waals surface area contributed by atoms with E-state index in [2.05, 4.69) is 41.9 Å². The van der Waals surface area contributed by atoms with Crippen molar-refractivity contribution in [2.24, 2.45) is 11.8 Å². The predicted octanol–water partition coefficient (Wildman–Crippen LogP) is 4.86. The van der Waals surface area contributed by atoms with Crippen LogP contribution >= 0.6 is 11.3 Å². The van der Waals surface area contributed by atoms with Gasteiger partial charge < -0.3 is 5.32 Å². The lowest BCUT2D eigenvalue weighted by Crippen LogP contribution is -2.28. The molecule has 1 saturated carbocycles. The highest BCUT2D eigenvalue weighted by Gasteiger charge is 2.25. The highest BCUT2D eigenvalue weighted by molar-refractivity contribution is 7.17. The van der Waals surface area contributed by atoms with Gasteiger partial charge in [0.25, 0.3) is 0 Å². The van der Waals surface area contributed by atoms with Crippen molar-refractivity contribution in [3.05, 3.63) is 35.2 Å². The number of fused-ring (bicyclic) bond motifs is 1. The van der Waals surface area contributed by atoms with Crippen LogP contribution in [0.1, 0.15) is 38.2 Å². The molecule has 1 aliphatic carbocycles. The molecular weight excluding hydrogens is 262 g/mol. The van der Waals surface area contributed by atoms with Crippen LogP contribution < -0.4 is 5.32 Å². The zero-order valence-corrected chi connectivity index (χ0v) is 13.2. The molecular formula is C18H25NS. The average Bonchev–Trinajstić information content (AvgIpc) is 3.13. The van der Waals surface area contributed by atoms with E-state index in [1.807, 2.05) is 11.3 Å². The summed E-state index contributed by atoms with van der Waals surface area (Å²) in [4.78, 5) is 0. The Morgan fingerprint density at radius 1 is 1.25 bits per heavy atom. The quantitative estimate of drug-likeness (QED) is 0.800. The minimum atomic E-state index is 0.815. The number of hydrogen-bond acceptors (Lipinski definition) is 2. The molecule has 1 aromatic carbocycles. The summed E-state index contributed by atoms with van der Waals surface area (Å²) in [5.74, 6) is 1.75. The van der Waals surface area contributed by atoms with E-state index in [1.165, 1.54) is 48.7 Å². The Hall–Kier alpha value is -0.860. The van der Waals surface area contributed by atoms with Crippen molar-refractivity contribution in [2.45, 2.75) is 39.0 Å². The van der Waals surface area contributed by atoms with Gasteiger partial charge in [-0.1, -0.05) is 50.8 Å². The van der Waals surface area contributed by atoms with E-state index >= 15 is 0 Å². The second kappa shape index (κ2) is 6.73. The van der Waals surface area contributed by atoms with Gasteiger partial charge in [-0.25, -0.2) is 0 Å². The van der Waals surface area contributed by atoms with Crippen LogP contribution in [0, 0.1) is 11.8 Å². The Kier molecular flexibility index (Phi) is 4.74. The highest BCUT2D eigenvalue weighted by Crippen LogP contribution is 2.35. The maximum absolute atomic E-state index is 3.59. The van der Waals surface area contributed by atoms with Crippen LogP contribution in [-0.4, -0.2) is 13.1 Å². The molecule has 108 valence electrons. The Bertz CT molecular complexity index is 539. The van der Waals surface area contributed by atoms with Crippen molar-refractivity contribution >= 4 is 21.4 Å². The molecule has 0 bridgehead atoms. The van der Waals surface area contributed by atoms with E-state index in [0.29, 0.717) is 0 Å². The molecule has 0 saturated heterocycles. The second-order valence-corrected chi connectivity index (χ2v) is 6.98. The number of rotatable bonds is 6. The Morgan fingerprint density at radius 2 is 2.05 bits per heavy atom. The minimum Gasteiger partial charge on any atom is -0.317 e. The molecule has 0 amide bonds. The molecule has 0 spiro atoms. The van der Waals surface area contributed by atoms with E-state index in [-0.39, 0.29) is 0 Å². The average molecular weight is 287 g/mol. The van der Waals surface area contributed by atoms with E-state index in [9.17, 15) is 0 Å². The van der Waals surface area contributed by atoms with Gasteiger partial charge in [-0.15, -0.1) is 11.3 Å². The fourth-order valence-electron chi connectivity index (χ4n) is 3.64. The summed E-state index contributed by atoms with van der Waals surface area (Å²) in [6, 6.07) is 8.86. The normalized spacial score (nSPS) is 17.9. The van der Waals surface area contributed by atoms with E-state index in [0.717, 1.165) is 18.4 Å². The Morgan fingerprint density at radius 3 is 2.85 bits per heavy atom. The van der Waals surface area contributed by atoms with Crippen molar-refractivity contribution in [2.75, 3.05) is 13.1 Å². The van der Waals surface area contributed by atoms with Gasteiger partial charge in [0.05, 0.1) is 0 Å². The third kappa shape index (κ3) is 3.07. The number of hydrogen-bond donors (Lipinski definition) is 1. The molecule has 1 unspecified atom stereocenters. The van der Waals surface area contributed by atoms with Crippen molar-refractivity contribution < 1.29 is 0 Å². The van der Waals surface area contributed by atoms with Crippen molar-refractivity contribution in [3.63, 3.8) is 0 Å². The molecule has 1 fully saturated rings. The molecule has 1 atom stereocenters. The molecule has 0 aliphatic heterocycles. The SMILES string of the molecule is CCNCC(Cc1csc2ccccc12)C1CCCC1. The molecule has 0 radical (unpaired) electrons. The van der Waals surface area contributed by atoms with Gasteiger partial charge in [0.1, 0.15) is 0 Å². The van der Waals surface area contributed by atoms with Crippen LogP contribution in [0.3, 0.4) is 0 Å². The first kappa shape index (κ1) is 14.1. The largest absolute Gasteiger partial charge is 0.317 e. The predicted molar refractivity (Wildman–Crippen MR) is 89.5 cm³/mol. The van der Waals surface area contributed by atoms with E-state index in [4.69, 9.17) is 0 Å². The molecule has 1 N–H and O–H groups in total. The maximum Gasteiger partial charge on any atom is 0.0345 e. The summed E-state index contributed by atoms with van der Waals surface area (Å²) in [6.07, 6.45) is 7.02. The minimum absolute atomic E-state index is 0.815. The van der Waals surface area contributed by atoms with Gasteiger partial charge in [-0.3, -0.25) is 0 Å². The van der Waals surface area contributed by atoms with Crippen LogP contribution in [0.2, 0.25) is 0 Å². The molecule has 1 nitrogen and oxygen atoms in total. The standard InChI is InChI=1S/C18H25NS/c1-2-19-12-15(14-7-3-4-8-14)11-16-13-20-18-10-6-5-9-17(16)18/h5-6,9-10,13-15,19H,2-4,7-8,11-12H2,1H3. The third-order valence-corrected chi connectivity index (χ3v) is 5.78. The smallest absolute Gasteiger partial charge is 0.0345 e. The number of thiophene rings is 1. The first-order chi connectivity index (χ1) is 9.88. The molecule has 2 aromatic rings. The Balaban J connectivity index is 1.77. The van der Waals surface area contributed by atoms with Gasteiger partial charge in [0.2, 0.25) is 0 Å². The summed E-state index contributed by atoms with van der Waals surface area (Å²) >= 11 is 1.90. The summed E-state index contributed by atoms with van der Waals surface area (Å²) in [7, 11) is 0. The summed E-state index contributed by atoms with van der Waals surface area (Å²) in [5, 5.41) is 7.46. The van der Waals surface area contributed by atoms with Crippen molar-refractivity contribution in [3.8, 4) is 0 Å². The fraction of sp³-hybridized carbons (Fsp3) is 0.556. The third-order valence-electron chi connectivity index (χ3n) is 4.77. The molecule has 20 heavy (non-hydrogen) atoms. The fourth-order valence-corrected chi connectivity index (χ4v) is 4.61. The highest BCUT2D eigenvalue weighted by atomic mass is 32.1. The summed E-state index contributed by atoms with van der Waals surface area (Å²) < 4.78 is 1.44. The van der Waals surface area contributed by atoms with Crippen LogP contribution in [0.25, 0.3) is 10.1 Å². The van der Waals surface area contributed by atoms with Crippen molar-refractivity contribution in [1.29, 1.82) is 0 Å². The topological polar surface area (TPSA) is 12.0 Å². The van der Waals surface area contributed by atoms with Crippen LogP contribution in [0.15, 0.2) is 29.6 Å². The lowest BCUT2D eigenvalue weighted by Gasteiger charge is -2.23. The molecule has 1 aliphatic rings.